The highest BCUT2D eigenvalue weighted by Gasteiger charge is 2.31. The van der Waals surface area contributed by atoms with E-state index in [0.717, 1.165) is 51.5 Å². The van der Waals surface area contributed by atoms with Crippen LogP contribution in [0.5, 0.6) is 5.75 Å². The summed E-state index contributed by atoms with van der Waals surface area (Å²) in [5, 5.41) is 0. The maximum Gasteiger partial charge on any atom is 0.119 e. The number of nitrogens with zero attached hydrogens (tertiary/aromatic N) is 1. The van der Waals surface area contributed by atoms with E-state index in [1.165, 1.54) is 5.56 Å². The second kappa shape index (κ2) is 7.78. The molecule has 1 atom stereocenters. The van der Waals surface area contributed by atoms with E-state index in [9.17, 15) is 0 Å². The van der Waals surface area contributed by atoms with Crippen LogP contribution in [0.25, 0.3) is 0 Å². The maximum absolute atomic E-state index is 6.09. The number of ether oxygens (including phenoxy) is 2. The zero-order valence-corrected chi connectivity index (χ0v) is 13.3. The monoisotopic (exact) mass is 292 g/mol. The van der Waals surface area contributed by atoms with Crippen molar-refractivity contribution >= 4 is 0 Å². The molecule has 0 saturated carbocycles. The molecule has 1 saturated heterocycles. The number of hydrogen-bond donors (Lipinski definition) is 1. The van der Waals surface area contributed by atoms with Crippen LogP contribution in [-0.2, 0) is 11.2 Å². The summed E-state index contributed by atoms with van der Waals surface area (Å²) in [6.07, 6.45) is 1.96. The number of morpholine rings is 1. The van der Waals surface area contributed by atoms with E-state index in [1.807, 2.05) is 6.07 Å². The molecule has 1 aliphatic rings. The lowest BCUT2D eigenvalue weighted by atomic mass is 9.90. The lowest BCUT2D eigenvalue weighted by molar-refractivity contribution is -0.0132. The van der Waals surface area contributed by atoms with Gasteiger partial charge in [0.1, 0.15) is 5.75 Å². The van der Waals surface area contributed by atoms with Crippen LogP contribution >= 0.6 is 0 Å². The zero-order chi connectivity index (χ0) is 15.1. The topological polar surface area (TPSA) is 47.7 Å². The van der Waals surface area contributed by atoms with Crippen molar-refractivity contribution in [3.63, 3.8) is 0 Å². The van der Waals surface area contributed by atoms with Gasteiger partial charge in [0, 0.05) is 25.2 Å². The molecule has 1 aliphatic heterocycles. The molecular weight excluding hydrogens is 264 g/mol. The summed E-state index contributed by atoms with van der Waals surface area (Å²) in [7, 11) is 0. The Hall–Kier alpha value is -1.10. The average Bonchev–Trinajstić information content (AvgIpc) is 2.54. The number of benzene rings is 1. The van der Waals surface area contributed by atoms with E-state index in [2.05, 4.69) is 36.9 Å². The van der Waals surface area contributed by atoms with Crippen molar-refractivity contribution in [1.82, 2.24) is 4.90 Å². The third-order valence-electron chi connectivity index (χ3n) is 4.17. The highest BCUT2D eigenvalue weighted by molar-refractivity contribution is 5.30. The molecule has 0 amide bonds. The minimum absolute atomic E-state index is 0.0207. The summed E-state index contributed by atoms with van der Waals surface area (Å²) < 4.78 is 11.2. The molecule has 0 aliphatic carbocycles. The number of rotatable bonds is 7. The fourth-order valence-electron chi connectivity index (χ4n) is 2.82. The minimum Gasteiger partial charge on any atom is -0.494 e. The third kappa shape index (κ3) is 4.43. The Morgan fingerprint density at radius 3 is 2.76 bits per heavy atom. The lowest BCUT2D eigenvalue weighted by Gasteiger charge is -2.43. The standard InChI is InChI=1S/C17H28N2O2/c1-3-9-21-16-6-4-5-15(12-16)13-17(2,14-18)19-7-10-20-11-8-19/h4-6,12H,3,7-11,13-14,18H2,1-2H3. The minimum atomic E-state index is -0.0207. The molecule has 1 fully saturated rings. The molecule has 2 rings (SSSR count). The first kappa shape index (κ1) is 16.3. The molecule has 0 radical (unpaired) electrons. The summed E-state index contributed by atoms with van der Waals surface area (Å²) >= 11 is 0. The Morgan fingerprint density at radius 2 is 2.10 bits per heavy atom. The second-order valence-corrected chi connectivity index (χ2v) is 5.97. The molecule has 0 bridgehead atoms. The Labute approximate surface area is 128 Å². The maximum atomic E-state index is 6.09. The van der Waals surface area contributed by atoms with Gasteiger partial charge in [0.15, 0.2) is 0 Å². The third-order valence-corrected chi connectivity index (χ3v) is 4.17. The van der Waals surface area contributed by atoms with Gasteiger partial charge in [0.25, 0.3) is 0 Å². The van der Waals surface area contributed by atoms with Gasteiger partial charge in [-0.05, 0) is 37.5 Å². The van der Waals surface area contributed by atoms with Gasteiger partial charge in [-0.2, -0.15) is 0 Å². The lowest BCUT2D eigenvalue weighted by Crippen LogP contribution is -2.56. The first-order valence-electron chi connectivity index (χ1n) is 7.92. The van der Waals surface area contributed by atoms with E-state index < -0.39 is 0 Å². The Morgan fingerprint density at radius 1 is 1.33 bits per heavy atom. The van der Waals surface area contributed by atoms with Crippen LogP contribution in [0.3, 0.4) is 0 Å². The summed E-state index contributed by atoms with van der Waals surface area (Å²) in [5.74, 6) is 0.954. The highest BCUT2D eigenvalue weighted by atomic mass is 16.5. The molecule has 1 unspecified atom stereocenters. The quantitative estimate of drug-likeness (QED) is 0.836. The average molecular weight is 292 g/mol. The van der Waals surface area contributed by atoms with Crippen LogP contribution < -0.4 is 10.5 Å². The first-order valence-corrected chi connectivity index (χ1v) is 7.92. The van der Waals surface area contributed by atoms with E-state index in [0.29, 0.717) is 6.54 Å². The molecule has 1 heterocycles. The Kier molecular flexibility index (Phi) is 6.03. The van der Waals surface area contributed by atoms with Gasteiger partial charge in [-0.15, -0.1) is 0 Å². The van der Waals surface area contributed by atoms with Crippen molar-refractivity contribution < 1.29 is 9.47 Å². The fraction of sp³-hybridized carbons (Fsp3) is 0.647. The van der Waals surface area contributed by atoms with Crippen molar-refractivity contribution in [2.75, 3.05) is 39.5 Å². The Bertz CT molecular complexity index is 433. The van der Waals surface area contributed by atoms with Crippen LogP contribution in [0.2, 0.25) is 0 Å². The molecule has 0 spiro atoms. The molecule has 4 nitrogen and oxygen atoms in total. The van der Waals surface area contributed by atoms with E-state index in [-0.39, 0.29) is 5.54 Å². The van der Waals surface area contributed by atoms with Gasteiger partial charge < -0.3 is 15.2 Å². The predicted molar refractivity (Wildman–Crippen MR) is 85.8 cm³/mol. The SMILES string of the molecule is CCCOc1cccc(CC(C)(CN)N2CCOCC2)c1. The van der Waals surface area contributed by atoms with E-state index >= 15 is 0 Å². The van der Waals surface area contributed by atoms with Crippen molar-refractivity contribution in [3.05, 3.63) is 29.8 Å². The molecule has 21 heavy (non-hydrogen) atoms. The molecule has 118 valence electrons. The number of hydrogen-bond acceptors (Lipinski definition) is 4. The fourth-order valence-corrected chi connectivity index (χ4v) is 2.82. The largest absolute Gasteiger partial charge is 0.494 e. The van der Waals surface area contributed by atoms with Crippen LogP contribution in [0.4, 0.5) is 0 Å². The molecular formula is C17H28N2O2. The second-order valence-electron chi connectivity index (χ2n) is 5.97. The van der Waals surface area contributed by atoms with Gasteiger partial charge in [-0.25, -0.2) is 0 Å². The van der Waals surface area contributed by atoms with Crippen molar-refractivity contribution in [2.24, 2.45) is 5.73 Å². The first-order chi connectivity index (χ1) is 10.2. The van der Waals surface area contributed by atoms with Crippen molar-refractivity contribution in [1.29, 1.82) is 0 Å². The summed E-state index contributed by atoms with van der Waals surface area (Å²) in [4.78, 5) is 2.45. The highest BCUT2D eigenvalue weighted by Crippen LogP contribution is 2.23. The van der Waals surface area contributed by atoms with E-state index in [4.69, 9.17) is 15.2 Å². The Balaban J connectivity index is 2.06. The van der Waals surface area contributed by atoms with Gasteiger partial charge in [-0.3, -0.25) is 4.90 Å². The zero-order valence-electron chi connectivity index (χ0n) is 13.3. The van der Waals surface area contributed by atoms with E-state index in [1.54, 1.807) is 0 Å². The number of nitrogens with two attached hydrogens (primary N) is 1. The summed E-state index contributed by atoms with van der Waals surface area (Å²) in [5.41, 5.74) is 7.35. The molecule has 2 N–H and O–H groups in total. The van der Waals surface area contributed by atoms with Crippen LogP contribution in [0, 0.1) is 0 Å². The normalized spacial score (nSPS) is 19.2. The van der Waals surface area contributed by atoms with Crippen molar-refractivity contribution in [3.8, 4) is 5.75 Å². The summed E-state index contributed by atoms with van der Waals surface area (Å²) in [6, 6.07) is 8.39. The predicted octanol–water partition coefficient (Wildman–Crippen LogP) is 2.07. The molecule has 1 aromatic rings. The van der Waals surface area contributed by atoms with Gasteiger partial charge in [0.05, 0.1) is 19.8 Å². The summed E-state index contributed by atoms with van der Waals surface area (Å²) in [6.45, 7) is 9.30. The van der Waals surface area contributed by atoms with Gasteiger partial charge in [0.2, 0.25) is 0 Å². The van der Waals surface area contributed by atoms with Crippen LogP contribution in [0.15, 0.2) is 24.3 Å². The van der Waals surface area contributed by atoms with Gasteiger partial charge >= 0.3 is 0 Å². The van der Waals surface area contributed by atoms with Crippen molar-refractivity contribution in [2.45, 2.75) is 32.2 Å². The van der Waals surface area contributed by atoms with Gasteiger partial charge in [-0.1, -0.05) is 19.1 Å². The molecule has 1 aromatic carbocycles. The van der Waals surface area contributed by atoms with Crippen LogP contribution in [0.1, 0.15) is 25.8 Å². The molecule has 0 aromatic heterocycles. The van der Waals surface area contributed by atoms with Crippen LogP contribution in [-0.4, -0.2) is 49.9 Å². The molecule has 4 heteroatoms. The smallest absolute Gasteiger partial charge is 0.119 e.